The van der Waals surface area contributed by atoms with Gasteiger partial charge in [-0.15, -0.1) is 0 Å². The topological polar surface area (TPSA) is 113 Å². The number of rotatable bonds is 9. The van der Waals surface area contributed by atoms with Gasteiger partial charge >= 0.3 is 0 Å². The SMILES string of the molecule is CCCNc1cncc(C(=O)NCCCNS(C)(=O)=O)n1. The van der Waals surface area contributed by atoms with Gasteiger partial charge in [-0.3, -0.25) is 9.78 Å². The Bertz CT molecular complexity index is 562. The zero-order chi connectivity index (χ0) is 15.7. The van der Waals surface area contributed by atoms with Gasteiger partial charge < -0.3 is 10.6 Å². The summed E-state index contributed by atoms with van der Waals surface area (Å²) < 4.78 is 24.1. The first kappa shape index (κ1) is 17.3. The number of anilines is 1. The van der Waals surface area contributed by atoms with Crippen molar-refractivity contribution in [3.63, 3.8) is 0 Å². The summed E-state index contributed by atoms with van der Waals surface area (Å²) in [6.07, 6.45) is 5.49. The highest BCUT2D eigenvalue weighted by Gasteiger charge is 2.08. The number of sulfonamides is 1. The monoisotopic (exact) mass is 315 g/mol. The zero-order valence-electron chi connectivity index (χ0n) is 12.2. The molecular weight excluding hydrogens is 294 g/mol. The van der Waals surface area contributed by atoms with Crippen molar-refractivity contribution in [3.05, 3.63) is 18.1 Å². The lowest BCUT2D eigenvalue weighted by Crippen LogP contribution is -2.30. The maximum absolute atomic E-state index is 11.9. The van der Waals surface area contributed by atoms with Crippen LogP contribution in [0.25, 0.3) is 0 Å². The first-order valence-corrected chi connectivity index (χ1v) is 8.60. The molecule has 0 aliphatic rings. The second-order valence-electron chi connectivity index (χ2n) is 4.49. The van der Waals surface area contributed by atoms with Crippen LogP contribution < -0.4 is 15.4 Å². The van der Waals surface area contributed by atoms with Gasteiger partial charge in [0.1, 0.15) is 11.5 Å². The first-order valence-electron chi connectivity index (χ1n) is 6.71. The molecule has 8 nitrogen and oxygen atoms in total. The van der Waals surface area contributed by atoms with Crippen molar-refractivity contribution in [3.8, 4) is 0 Å². The zero-order valence-corrected chi connectivity index (χ0v) is 13.0. The molecule has 118 valence electrons. The Morgan fingerprint density at radius 1 is 1.24 bits per heavy atom. The van der Waals surface area contributed by atoms with Crippen LogP contribution in [0.15, 0.2) is 12.4 Å². The Balaban J connectivity index is 2.38. The molecule has 0 aromatic carbocycles. The van der Waals surface area contributed by atoms with Crippen LogP contribution in [0.1, 0.15) is 30.3 Å². The Kier molecular flexibility index (Phi) is 7.03. The van der Waals surface area contributed by atoms with E-state index in [2.05, 4.69) is 25.3 Å². The molecule has 1 aromatic rings. The largest absolute Gasteiger partial charge is 0.369 e. The fourth-order valence-electron chi connectivity index (χ4n) is 1.45. The second-order valence-corrected chi connectivity index (χ2v) is 6.33. The van der Waals surface area contributed by atoms with E-state index in [1.165, 1.54) is 6.20 Å². The summed E-state index contributed by atoms with van der Waals surface area (Å²) in [4.78, 5) is 20.0. The van der Waals surface area contributed by atoms with Gasteiger partial charge in [-0.2, -0.15) is 0 Å². The van der Waals surface area contributed by atoms with Crippen LogP contribution in [-0.2, 0) is 10.0 Å². The number of amides is 1. The lowest BCUT2D eigenvalue weighted by atomic mass is 10.3. The Hall–Kier alpha value is -1.74. The highest BCUT2D eigenvalue weighted by atomic mass is 32.2. The van der Waals surface area contributed by atoms with Gasteiger partial charge in [0, 0.05) is 19.6 Å². The van der Waals surface area contributed by atoms with E-state index in [1.54, 1.807) is 6.20 Å². The molecule has 0 aliphatic carbocycles. The fraction of sp³-hybridized carbons (Fsp3) is 0.583. The predicted molar refractivity (Wildman–Crippen MR) is 80.6 cm³/mol. The van der Waals surface area contributed by atoms with Crippen LogP contribution in [0.4, 0.5) is 5.82 Å². The number of carbonyl (C=O) groups is 1. The average molecular weight is 315 g/mol. The number of carbonyl (C=O) groups excluding carboxylic acids is 1. The molecule has 0 saturated heterocycles. The van der Waals surface area contributed by atoms with E-state index in [1.807, 2.05) is 6.92 Å². The third-order valence-electron chi connectivity index (χ3n) is 2.43. The molecule has 0 fully saturated rings. The van der Waals surface area contributed by atoms with Crippen LogP contribution in [-0.4, -0.2) is 50.2 Å². The average Bonchev–Trinajstić information content (AvgIpc) is 2.43. The normalized spacial score (nSPS) is 11.1. The Morgan fingerprint density at radius 2 is 2.00 bits per heavy atom. The standard InChI is InChI=1S/C12H21N5O3S/c1-3-5-14-11-9-13-8-10(17-11)12(18)15-6-4-7-16-21(2,19)20/h8-9,16H,3-7H2,1-2H3,(H,14,17)(H,15,18). The van der Waals surface area contributed by atoms with Crippen molar-refractivity contribution < 1.29 is 13.2 Å². The molecule has 0 bridgehead atoms. The van der Waals surface area contributed by atoms with Gasteiger partial charge in [-0.05, 0) is 12.8 Å². The van der Waals surface area contributed by atoms with E-state index in [0.29, 0.717) is 18.8 Å². The summed E-state index contributed by atoms with van der Waals surface area (Å²) >= 11 is 0. The molecule has 1 rings (SSSR count). The van der Waals surface area contributed by atoms with Gasteiger partial charge in [-0.25, -0.2) is 18.1 Å². The summed E-state index contributed by atoms with van der Waals surface area (Å²) in [7, 11) is -3.18. The molecule has 1 aromatic heterocycles. The smallest absolute Gasteiger partial charge is 0.271 e. The van der Waals surface area contributed by atoms with Crippen molar-refractivity contribution in [1.82, 2.24) is 20.0 Å². The van der Waals surface area contributed by atoms with Gasteiger partial charge in [-0.1, -0.05) is 6.92 Å². The number of nitrogens with zero attached hydrogens (tertiary/aromatic N) is 2. The van der Waals surface area contributed by atoms with Gasteiger partial charge in [0.15, 0.2) is 0 Å². The third kappa shape index (κ3) is 7.57. The van der Waals surface area contributed by atoms with Crippen LogP contribution >= 0.6 is 0 Å². The molecule has 0 atom stereocenters. The lowest BCUT2D eigenvalue weighted by molar-refractivity contribution is 0.0948. The molecule has 0 spiro atoms. The first-order chi connectivity index (χ1) is 9.92. The Morgan fingerprint density at radius 3 is 2.67 bits per heavy atom. The maximum atomic E-state index is 11.9. The fourth-order valence-corrected chi connectivity index (χ4v) is 1.97. The molecule has 0 saturated carbocycles. The second kappa shape index (κ2) is 8.53. The maximum Gasteiger partial charge on any atom is 0.271 e. The van der Waals surface area contributed by atoms with E-state index < -0.39 is 10.0 Å². The van der Waals surface area contributed by atoms with E-state index >= 15 is 0 Å². The lowest BCUT2D eigenvalue weighted by Gasteiger charge is -2.07. The van der Waals surface area contributed by atoms with E-state index in [4.69, 9.17) is 0 Å². The molecule has 1 amide bonds. The molecule has 9 heteroatoms. The van der Waals surface area contributed by atoms with Crippen LogP contribution in [0.3, 0.4) is 0 Å². The quantitative estimate of drug-likeness (QED) is 0.551. The molecule has 0 aliphatic heterocycles. The van der Waals surface area contributed by atoms with Crippen molar-refractivity contribution in [1.29, 1.82) is 0 Å². The molecule has 0 radical (unpaired) electrons. The van der Waals surface area contributed by atoms with Crippen LogP contribution in [0, 0.1) is 0 Å². The summed E-state index contributed by atoms with van der Waals surface area (Å²) in [5, 5.41) is 5.72. The van der Waals surface area contributed by atoms with Crippen molar-refractivity contribution >= 4 is 21.7 Å². The third-order valence-corrected chi connectivity index (χ3v) is 3.16. The van der Waals surface area contributed by atoms with Crippen molar-refractivity contribution in [2.75, 3.05) is 31.2 Å². The number of hydrogen-bond acceptors (Lipinski definition) is 6. The number of hydrogen-bond donors (Lipinski definition) is 3. The highest BCUT2D eigenvalue weighted by molar-refractivity contribution is 7.88. The highest BCUT2D eigenvalue weighted by Crippen LogP contribution is 2.02. The van der Waals surface area contributed by atoms with Crippen molar-refractivity contribution in [2.45, 2.75) is 19.8 Å². The molecule has 21 heavy (non-hydrogen) atoms. The summed E-state index contributed by atoms with van der Waals surface area (Å²) in [5.74, 6) is 0.227. The van der Waals surface area contributed by atoms with E-state index in [9.17, 15) is 13.2 Å². The minimum absolute atomic E-state index is 0.229. The molecule has 1 heterocycles. The van der Waals surface area contributed by atoms with Crippen molar-refractivity contribution in [2.24, 2.45) is 0 Å². The van der Waals surface area contributed by atoms with Gasteiger partial charge in [0.2, 0.25) is 10.0 Å². The summed E-state index contributed by atoms with van der Waals surface area (Å²) in [5.41, 5.74) is 0.229. The van der Waals surface area contributed by atoms with E-state index in [-0.39, 0.29) is 18.1 Å². The molecule has 0 unspecified atom stereocenters. The Labute approximate surface area is 124 Å². The van der Waals surface area contributed by atoms with Gasteiger partial charge in [0.25, 0.3) is 5.91 Å². The minimum Gasteiger partial charge on any atom is -0.369 e. The summed E-state index contributed by atoms with van der Waals surface area (Å²) in [6.45, 7) is 3.43. The van der Waals surface area contributed by atoms with Gasteiger partial charge in [0.05, 0.1) is 18.6 Å². The molecular formula is C12H21N5O3S. The van der Waals surface area contributed by atoms with Crippen LogP contribution in [0.2, 0.25) is 0 Å². The number of aromatic nitrogens is 2. The number of nitrogens with one attached hydrogen (secondary N) is 3. The summed E-state index contributed by atoms with van der Waals surface area (Å²) in [6, 6.07) is 0. The molecule has 3 N–H and O–H groups in total. The van der Waals surface area contributed by atoms with E-state index in [0.717, 1.165) is 19.2 Å². The predicted octanol–water partition coefficient (Wildman–Crippen LogP) is -0.0324. The van der Waals surface area contributed by atoms with Crippen LogP contribution in [0.5, 0.6) is 0 Å². The minimum atomic E-state index is -3.18.